The number of phenolic OH excluding ortho intramolecular Hbond substituents is 1. The van der Waals surface area contributed by atoms with Crippen molar-refractivity contribution in [1.29, 1.82) is 0 Å². The third-order valence-corrected chi connectivity index (χ3v) is 7.19. The van der Waals surface area contributed by atoms with Crippen LogP contribution in [0.1, 0.15) is 67.1 Å². The van der Waals surface area contributed by atoms with Crippen molar-refractivity contribution in [3.05, 3.63) is 52.6 Å². The van der Waals surface area contributed by atoms with E-state index >= 15 is 0 Å². The molecule has 3 heterocycles. The van der Waals surface area contributed by atoms with Gasteiger partial charge < -0.3 is 20.1 Å². The number of carbonyl (C=O) groups is 2. The fraction of sp³-hybridized carbons (Fsp3) is 0.467. The molecule has 1 saturated heterocycles. The lowest BCUT2D eigenvalue weighted by Crippen LogP contribution is -2.29. The number of phenols is 1. The van der Waals surface area contributed by atoms with Crippen molar-refractivity contribution in [3.63, 3.8) is 0 Å². The molecule has 0 aliphatic carbocycles. The van der Waals surface area contributed by atoms with Gasteiger partial charge in [-0.2, -0.15) is 0 Å². The molecule has 8 heteroatoms. The number of benzene rings is 2. The molecule has 0 bridgehead atoms. The highest BCUT2D eigenvalue weighted by molar-refractivity contribution is 6.07. The Morgan fingerprint density at radius 1 is 1.11 bits per heavy atom. The van der Waals surface area contributed by atoms with Gasteiger partial charge in [0, 0.05) is 41.7 Å². The summed E-state index contributed by atoms with van der Waals surface area (Å²) in [4.78, 5) is 31.0. The van der Waals surface area contributed by atoms with Gasteiger partial charge in [-0.25, -0.2) is 9.36 Å². The Bertz CT molecular complexity index is 1390. The lowest BCUT2D eigenvalue weighted by molar-refractivity contribution is 0.0547. The second-order valence-corrected chi connectivity index (χ2v) is 11.8. The molecule has 5 rings (SSSR count). The number of amides is 1. The second-order valence-electron chi connectivity index (χ2n) is 11.8. The molecule has 0 saturated carbocycles. The molecule has 1 aromatic heterocycles. The van der Waals surface area contributed by atoms with E-state index in [1.54, 1.807) is 4.57 Å². The Hall–Kier alpha value is -3.36. The molecule has 38 heavy (non-hydrogen) atoms. The summed E-state index contributed by atoms with van der Waals surface area (Å²) in [5, 5.41) is 14.7. The van der Waals surface area contributed by atoms with Gasteiger partial charge >= 0.3 is 6.09 Å². The van der Waals surface area contributed by atoms with Gasteiger partial charge in [-0.05, 0) is 90.6 Å². The van der Waals surface area contributed by atoms with E-state index in [9.17, 15) is 14.7 Å². The Kier molecular flexibility index (Phi) is 6.96. The van der Waals surface area contributed by atoms with Crippen LogP contribution in [0.15, 0.2) is 30.3 Å². The minimum absolute atomic E-state index is 0.125. The Morgan fingerprint density at radius 2 is 1.84 bits per heavy atom. The lowest BCUT2D eigenvalue weighted by Gasteiger charge is -2.26. The average Bonchev–Trinajstić information content (AvgIpc) is 3.41. The largest absolute Gasteiger partial charge is 0.507 e. The maximum absolute atomic E-state index is 13.6. The highest BCUT2D eigenvalue weighted by Crippen LogP contribution is 2.40. The predicted octanol–water partition coefficient (Wildman–Crippen LogP) is 5.09. The third-order valence-electron chi connectivity index (χ3n) is 7.19. The summed E-state index contributed by atoms with van der Waals surface area (Å²) in [5.74, 6) is -0.131. The molecule has 2 N–H and O–H groups in total. The van der Waals surface area contributed by atoms with Crippen molar-refractivity contribution in [2.24, 2.45) is 0 Å². The minimum Gasteiger partial charge on any atom is -0.507 e. The summed E-state index contributed by atoms with van der Waals surface area (Å²) in [7, 11) is 3.86. The monoisotopic (exact) mass is 518 g/mol. The van der Waals surface area contributed by atoms with Gasteiger partial charge in [-0.3, -0.25) is 9.69 Å². The van der Waals surface area contributed by atoms with E-state index in [2.05, 4.69) is 22.3 Å². The first-order valence-corrected chi connectivity index (χ1v) is 13.4. The average molecular weight is 519 g/mol. The molecule has 1 amide bonds. The van der Waals surface area contributed by atoms with E-state index in [4.69, 9.17) is 4.74 Å². The van der Waals surface area contributed by atoms with Gasteiger partial charge in [-0.1, -0.05) is 12.5 Å². The van der Waals surface area contributed by atoms with E-state index in [1.807, 2.05) is 58.0 Å². The van der Waals surface area contributed by atoms with E-state index in [0.29, 0.717) is 34.5 Å². The molecule has 8 nitrogen and oxygen atoms in total. The summed E-state index contributed by atoms with van der Waals surface area (Å²) >= 11 is 0. The van der Waals surface area contributed by atoms with Gasteiger partial charge in [0.15, 0.2) is 0 Å². The van der Waals surface area contributed by atoms with Gasteiger partial charge in [0.1, 0.15) is 11.4 Å². The molecule has 0 unspecified atom stereocenters. The molecular weight excluding hydrogens is 480 g/mol. The summed E-state index contributed by atoms with van der Waals surface area (Å²) in [5.41, 5.74) is 4.10. The number of carbonyl (C=O) groups excluding carboxylic acids is 2. The number of aromatic nitrogens is 1. The molecule has 3 aromatic rings. The minimum atomic E-state index is -0.691. The van der Waals surface area contributed by atoms with Crippen molar-refractivity contribution in [1.82, 2.24) is 19.7 Å². The van der Waals surface area contributed by atoms with Gasteiger partial charge in [0.05, 0.1) is 16.8 Å². The number of likely N-dealkylation sites (tertiary alicyclic amines) is 1. The first-order chi connectivity index (χ1) is 18.0. The molecule has 2 aromatic carbocycles. The van der Waals surface area contributed by atoms with Crippen molar-refractivity contribution in [2.45, 2.75) is 65.3 Å². The van der Waals surface area contributed by atoms with E-state index < -0.39 is 11.7 Å². The van der Waals surface area contributed by atoms with E-state index in [-0.39, 0.29) is 18.2 Å². The Morgan fingerprint density at radius 3 is 2.53 bits per heavy atom. The summed E-state index contributed by atoms with van der Waals surface area (Å²) in [6.07, 6.45) is 3.24. The predicted molar refractivity (Wildman–Crippen MR) is 148 cm³/mol. The van der Waals surface area contributed by atoms with E-state index in [0.717, 1.165) is 30.5 Å². The van der Waals surface area contributed by atoms with Crippen LogP contribution in [-0.2, 0) is 24.4 Å². The Labute approximate surface area is 224 Å². The van der Waals surface area contributed by atoms with Crippen molar-refractivity contribution < 1.29 is 19.4 Å². The van der Waals surface area contributed by atoms with Gasteiger partial charge in [-0.15, -0.1) is 0 Å². The fourth-order valence-corrected chi connectivity index (χ4v) is 5.58. The highest BCUT2D eigenvalue weighted by Gasteiger charge is 2.32. The van der Waals surface area contributed by atoms with Crippen LogP contribution < -0.4 is 5.32 Å². The molecule has 0 atom stereocenters. The first-order valence-electron chi connectivity index (χ1n) is 13.4. The smallest absolute Gasteiger partial charge is 0.419 e. The van der Waals surface area contributed by atoms with Crippen LogP contribution in [0.3, 0.4) is 0 Å². The van der Waals surface area contributed by atoms with Crippen LogP contribution >= 0.6 is 0 Å². The molecule has 0 spiro atoms. The zero-order chi connectivity index (χ0) is 27.2. The standard InChI is InChI=1S/C30H38N4O4/c1-30(2,3)38-29(37)34-24-10-9-19(17-33-11-7-6-8-12-33)13-20(24)15-25(34)22-14-21(18-32(4)5)27(35)23-16-31-28(36)26(22)23/h9-10,13-15,35H,6-8,11-12,16-18H2,1-5H3,(H,31,36). The Balaban J connectivity index is 1.69. The number of nitrogens with zero attached hydrogens (tertiary/aromatic N) is 3. The maximum atomic E-state index is 13.6. The van der Waals surface area contributed by atoms with Crippen molar-refractivity contribution in [3.8, 4) is 17.0 Å². The highest BCUT2D eigenvalue weighted by atomic mass is 16.6. The van der Waals surface area contributed by atoms with Crippen LogP contribution in [0.5, 0.6) is 5.75 Å². The molecular formula is C30H38N4O4. The first kappa shape index (κ1) is 26.3. The molecule has 202 valence electrons. The summed E-state index contributed by atoms with van der Waals surface area (Å²) in [6.45, 7) is 9.34. The number of fused-ring (bicyclic) bond motifs is 2. The zero-order valence-corrected chi connectivity index (χ0v) is 23.1. The summed E-state index contributed by atoms with van der Waals surface area (Å²) < 4.78 is 7.40. The fourth-order valence-electron chi connectivity index (χ4n) is 5.58. The molecule has 2 aliphatic rings. The van der Waals surface area contributed by atoms with Crippen LogP contribution in [0.4, 0.5) is 4.79 Å². The van der Waals surface area contributed by atoms with Crippen molar-refractivity contribution >= 4 is 22.9 Å². The lowest BCUT2D eigenvalue weighted by atomic mass is 9.95. The zero-order valence-electron chi connectivity index (χ0n) is 23.1. The molecule has 1 fully saturated rings. The van der Waals surface area contributed by atoms with Gasteiger partial charge in [0.2, 0.25) is 0 Å². The quantitative estimate of drug-likeness (QED) is 0.489. The van der Waals surface area contributed by atoms with Crippen molar-refractivity contribution in [2.75, 3.05) is 27.2 Å². The van der Waals surface area contributed by atoms with Gasteiger partial charge in [0.25, 0.3) is 5.91 Å². The second kappa shape index (κ2) is 10.1. The topological polar surface area (TPSA) is 87.0 Å². The van der Waals surface area contributed by atoms with Crippen LogP contribution in [-0.4, -0.2) is 64.3 Å². The number of piperidine rings is 1. The number of aromatic hydroxyl groups is 1. The number of ether oxygens (including phenoxy) is 1. The molecule has 0 radical (unpaired) electrons. The van der Waals surface area contributed by atoms with Crippen LogP contribution in [0, 0.1) is 0 Å². The number of rotatable bonds is 5. The van der Waals surface area contributed by atoms with Crippen LogP contribution in [0.25, 0.3) is 22.2 Å². The number of hydrogen-bond acceptors (Lipinski definition) is 6. The normalized spacial score (nSPS) is 16.2. The number of nitrogens with one attached hydrogen (secondary N) is 1. The maximum Gasteiger partial charge on any atom is 0.419 e. The summed E-state index contributed by atoms with van der Waals surface area (Å²) in [6, 6.07) is 9.99. The number of hydrogen-bond donors (Lipinski definition) is 2. The SMILES string of the molecule is CN(C)Cc1cc(-c2cc3cc(CN4CCCCC4)ccc3n2C(=O)OC(C)(C)C)c2c(c1O)CNC2=O. The van der Waals surface area contributed by atoms with Crippen LogP contribution in [0.2, 0.25) is 0 Å². The third kappa shape index (κ3) is 5.15. The van der Waals surface area contributed by atoms with E-state index in [1.165, 1.54) is 24.8 Å². The molecule has 2 aliphatic heterocycles.